The lowest BCUT2D eigenvalue weighted by Gasteiger charge is -2.14. The Kier molecular flexibility index (Phi) is 49.7. The lowest BCUT2D eigenvalue weighted by atomic mass is 10.0. The number of hydrogen-bond acceptors (Lipinski definition) is 21. The zero-order chi connectivity index (χ0) is 87.4. The number of halogens is 8. The number of aryl methyl sites for hydroxylation is 8. The first kappa shape index (κ1) is 104. The monoisotopic (exact) mass is 1700 g/mol. The van der Waals surface area contributed by atoms with Crippen molar-refractivity contribution in [3.8, 4) is 0 Å². The molecular formula is C79H101Cl4F4N7O21. The number of rotatable bonds is 28. The highest BCUT2D eigenvalue weighted by Gasteiger charge is 2.35. The summed E-state index contributed by atoms with van der Waals surface area (Å²) in [4.78, 5) is 114. The minimum Gasteiger partial charge on any atom is -0.394 e. The van der Waals surface area contributed by atoms with Crippen LogP contribution in [-0.2, 0) is 40.0 Å². The summed E-state index contributed by atoms with van der Waals surface area (Å²) in [5.41, 5.74) is 22.5. The zero-order valence-corrected chi connectivity index (χ0v) is 69.0. The van der Waals surface area contributed by atoms with Gasteiger partial charge in [-0.05, 0) is 216 Å². The highest BCUT2D eigenvalue weighted by atomic mass is 35.5. The van der Waals surface area contributed by atoms with Gasteiger partial charge in [0.05, 0.1) is 103 Å². The summed E-state index contributed by atoms with van der Waals surface area (Å²) in [6.07, 6.45) is -8.91. The van der Waals surface area contributed by atoms with E-state index in [0.717, 1.165) is 51.1 Å². The van der Waals surface area contributed by atoms with Crippen molar-refractivity contribution in [2.75, 3.05) is 46.2 Å². The Morgan fingerprint density at radius 1 is 0.330 bits per heavy atom. The summed E-state index contributed by atoms with van der Waals surface area (Å²) >= 11 is 23.6. The molecule has 634 valence electrons. The van der Waals surface area contributed by atoms with Crippen LogP contribution in [0.5, 0.6) is 0 Å². The topological polar surface area (TPSA) is 410 Å². The molecule has 7 amide bonds. The minimum atomic E-state index is -4.62. The number of alkyl halides is 3. The van der Waals surface area contributed by atoms with Crippen molar-refractivity contribution in [1.82, 2.24) is 38.4 Å². The second kappa shape index (κ2) is 54.9. The number of carbonyl (C=O) groups is 7. The lowest BCUT2D eigenvalue weighted by molar-refractivity contribution is -0.138. The smallest absolute Gasteiger partial charge is 0.394 e. The van der Waals surface area contributed by atoms with Crippen LogP contribution in [0.2, 0.25) is 20.1 Å². The van der Waals surface area contributed by atoms with E-state index in [-0.39, 0.29) is 57.7 Å². The largest absolute Gasteiger partial charge is 0.417 e. The number of hydroxylamine groups is 7. The third-order valence-corrected chi connectivity index (χ3v) is 15.1. The number of nitrogens with one attached hydrogen (secondary N) is 7. The van der Waals surface area contributed by atoms with Crippen LogP contribution in [0, 0.1) is 61.2 Å². The molecule has 0 aliphatic rings. The van der Waals surface area contributed by atoms with Crippen LogP contribution in [0.4, 0.5) is 17.6 Å². The van der Waals surface area contributed by atoms with Crippen LogP contribution >= 0.6 is 46.4 Å². The second-order valence-corrected chi connectivity index (χ2v) is 27.5. The Balaban J connectivity index is 0.000000671. The Bertz CT molecular complexity index is 3850. The van der Waals surface area contributed by atoms with Gasteiger partial charge < -0.3 is 35.7 Å². The van der Waals surface area contributed by atoms with Crippen molar-refractivity contribution in [2.24, 2.45) is 0 Å². The maximum absolute atomic E-state index is 13.3. The molecule has 7 aromatic carbocycles. The van der Waals surface area contributed by atoms with Gasteiger partial charge in [-0.25, -0.2) is 42.8 Å². The Labute approximate surface area is 684 Å². The molecule has 0 aromatic heterocycles. The fraction of sp³-hybridized carbons (Fsp3) is 0.380. The number of aliphatic hydroxyl groups excluding tert-OH is 7. The van der Waals surface area contributed by atoms with Gasteiger partial charge in [-0.2, -0.15) is 13.2 Å². The number of benzene rings is 7. The minimum absolute atomic E-state index is 0.0369. The number of carbonyl (C=O) groups excluding carboxylic acids is 7. The van der Waals surface area contributed by atoms with Crippen molar-refractivity contribution in [2.45, 2.75) is 153 Å². The van der Waals surface area contributed by atoms with E-state index in [1.165, 1.54) is 39.0 Å². The van der Waals surface area contributed by atoms with Gasteiger partial charge >= 0.3 is 6.18 Å². The van der Waals surface area contributed by atoms with Crippen LogP contribution in [-0.4, -0.2) is 166 Å². The molecule has 36 heteroatoms. The summed E-state index contributed by atoms with van der Waals surface area (Å²) in [5.74, 6) is -4.27. The van der Waals surface area contributed by atoms with E-state index in [4.69, 9.17) is 106 Å². The molecule has 7 atom stereocenters. The van der Waals surface area contributed by atoms with E-state index in [2.05, 4.69) is 42.6 Å². The predicted molar refractivity (Wildman–Crippen MR) is 424 cm³/mol. The molecule has 7 aromatic rings. The average Bonchev–Trinajstić information content (AvgIpc) is 0.807. The van der Waals surface area contributed by atoms with E-state index in [1.807, 2.05) is 59.2 Å². The normalized spacial score (nSPS) is 12.4. The van der Waals surface area contributed by atoms with Gasteiger partial charge in [-0.1, -0.05) is 106 Å². The third-order valence-electron chi connectivity index (χ3n) is 13.9. The summed E-state index contributed by atoms with van der Waals surface area (Å²) in [6, 6.07) is 33.7. The van der Waals surface area contributed by atoms with Crippen molar-refractivity contribution in [1.29, 1.82) is 0 Å². The fourth-order valence-electron chi connectivity index (χ4n) is 8.09. The molecule has 7 rings (SSSR count). The van der Waals surface area contributed by atoms with Crippen LogP contribution in [0.1, 0.15) is 171 Å². The standard InChI is InChI=1S/C12H14F3NO3.C12H17NO3.4C11H14ClNO3.C11H14FNO3/c1-7-3-4-9(10(5-7)12(13,14)15)11(18)16-19-6-8(2)17;1-8-4-5-11(9(2)6-8)12(15)13-16-7-10(3)14;2*1-7-3-4-9(10(12)5-7)11(15)13-16-6-8(2)14;2*1-7-3-4-9(10(12)5-7)11(15)13-16-8(2)6-14;1-7-3-4-9(10(12)5-7)11(15)13-16-6-8(2)14/h3-5,8,17H,6H2,1-2H3,(H,16,18);4-6,10,14H,7H2,1-3H3,(H,13,15);5*3-5,8,14H,6H2,1-2H3,(H,13,15)/t;;3*8-;;/m..101../s1. The SMILES string of the molecule is Cc1ccc(C(=O)NOC(C)CO)c(Cl)c1.Cc1ccc(C(=O)NOCC(C)O)c(C(F)(F)F)c1.Cc1ccc(C(=O)NOCC(C)O)c(C)c1.Cc1ccc(C(=O)NOCC(C)O)c(F)c1.Cc1ccc(C(=O)NOC[C@@H](C)O)c(Cl)c1.Cc1ccc(C(=O)NOC[C@H](C)O)c(Cl)c1.Cc1ccc(C(=O)NO[C@H](C)CO)c(Cl)c1. The average molecular weight is 1700 g/mol. The Hall–Kier alpha value is -8.85. The molecular weight excluding hydrogens is 1600 g/mol. The van der Waals surface area contributed by atoms with E-state index in [9.17, 15) is 51.1 Å². The zero-order valence-electron chi connectivity index (χ0n) is 66.0. The molecule has 14 N–H and O–H groups in total. The third kappa shape index (κ3) is 43.6. The van der Waals surface area contributed by atoms with Gasteiger partial charge in [0, 0.05) is 5.56 Å². The Morgan fingerprint density at radius 2 is 0.548 bits per heavy atom. The summed E-state index contributed by atoms with van der Waals surface area (Å²) in [6.45, 7) is 25.1. The summed E-state index contributed by atoms with van der Waals surface area (Å²) < 4.78 is 51.7. The van der Waals surface area contributed by atoms with E-state index >= 15 is 0 Å². The first-order chi connectivity index (χ1) is 53.8. The highest BCUT2D eigenvalue weighted by Crippen LogP contribution is 2.33. The van der Waals surface area contributed by atoms with Crippen LogP contribution in [0.25, 0.3) is 0 Å². The number of amides is 7. The maximum atomic E-state index is 13.3. The quantitative estimate of drug-likeness (QED) is 0.0160. The molecule has 115 heavy (non-hydrogen) atoms. The fourth-order valence-corrected chi connectivity index (χ4v) is 9.37. The highest BCUT2D eigenvalue weighted by molar-refractivity contribution is 6.35. The van der Waals surface area contributed by atoms with E-state index < -0.39 is 101 Å². The summed E-state index contributed by atoms with van der Waals surface area (Å²) in [5, 5.41) is 63.5. The molecule has 0 aliphatic heterocycles. The van der Waals surface area contributed by atoms with Crippen molar-refractivity contribution in [3.63, 3.8) is 0 Å². The summed E-state index contributed by atoms with van der Waals surface area (Å²) in [7, 11) is 0. The molecule has 0 aliphatic carbocycles. The van der Waals surface area contributed by atoms with Gasteiger partial charge in [0.25, 0.3) is 41.4 Å². The van der Waals surface area contributed by atoms with Gasteiger partial charge in [0.2, 0.25) is 0 Å². The van der Waals surface area contributed by atoms with Crippen LogP contribution in [0.15, 0.2) is 127 Å². The molecule has 28 nitrogen and oxygen atoms in total. The van der Waals surface area contributed by atoms with Crippen molar-refractivity contribution >= 4 is 87.8 Å². The molecule has 0 bridgehead atoms. The molecule has 0 radical (unpaired) electrons. The van der Waals surface area contributed by atoms with E-state index in [0.29, 0.717) is 53.5 Å². The first-order valence-electron chi connectivity index (χ1n) is 35.0. The molecule has 0 saturated carbocycles. The molecule has 0 fully saturated rings. The van der Waals surface area contributed by atoms with Gasteiger partial charge in [-0.3, -0.25) is 67.4 Å². The second-order valence-electron chi connectivity index (χ2n) is 25.8. The molecule has 0 spiro atoms. The predicted octanol–water partition coefficient (Wildman–Crippen LogP) is 11.3. The molecule has 4 unspecified atom stereocenters. The molecule has 0 heterocycles. The van der Waals surface area contributed by atoms with E-state index in [1.54, 1.807) is 126 Å². The Morgan fingerprint density at radius 3 is 0.800 bits per heavy atom. The first-order valence-corrected chi connectivity index (χ1v) is 36.5. The maximum Gasteiger partial charge on any atom is 0.417 e. The van der Waals surface area contributed by atoms with Crippen molar-refractivity contribution < 1.29 is 121 Å². The van der Waals surface area contributed by atoms with Gasteiger partial charge in [0.1, 0.15) is 51.1 Å². The van der Waals surface area contributed by atoms with Crippen LogP contribution < -0.4 is 38.4 Å². The van der Waals surface area contributed by atoms with Crippen LogP contribution in [0.3, 0.4) is 0 Å². The van der Waals surface area contributed by atoms with Crippen molar-refractivity contribution in [3.05, 3.63) is 242 Å². The van der Waals surface area contributed by atoms with Gasteiger partial charge in [0.15, 0.2) is 0 Å². The number of hydrogen-bond donors (Lipinski definition) is 14. The molecule has 0 saturated heterocycles. The van der Waals surface area contributed by atoms with Gasteiger partial charge in [-0.15, -0.1) is 0 Å². The number of aliphatic hydroxyl groups is 7. The lowest BCUT2D eigenvalue weighted by Crippen LogP contribution is -2.30.